The monoisotopic (exact) mass is 274 g/mol. The predicted octanol–water partition coefficient (Wildman–Crippen LogP) is 3.47. The van der Waals surface area contributed by atoms with Crippen molar-refractivity contribution in [2.75, 3.05) is 19.6 Å². The van der Waals surface area contributed by atoms with Crippen LogP contribution in [0.4, 0.5) is 0 Å². The van der Waals surface area contributed by atoms with Crippen LogP contribution in [0.1, 0.15) is 46.1 Å². The zero-order chi connectivity index (χ0) is 14.6. The third-order valence-corrected chi connectivity index (χ3v) is 4.98. The number of piperazine rings is 1. The highest BCUT2D eigenvalue weighted by molar-refractivity contribution is 5.15. The Labute approximate surface area is 124 Å². The summed E-state index contributed by atoms with van der Waals surface area (Å²) < 4.78 is 0. The quantitative estimate of drug-likeness (QED) is 0.884. The smallest absolute Gasteiger partial charge is 0.0329 e. The lowest BCUT2D eigenvalue weighted by Gasteiger charge is -2.52. The molecule has 2 heteroatoms. The standard InChI is InChI=1S/C18H30N2/c1-5-18(6-2)14-19-17(3,4)15-20(18)13-12-16-10-8-7-9-11-16/h7-11,19H,5-6,12-15H2,1-4H3. The second kappa shape index (κ2) is 6.28. The average molecular weight is 274 g/mol. The lowest BCUT2D eigenvalue weighted by Crippen LogP contribution is -2.68. The molecular weight excluding hydrogens is 244 g/mol. The summed E-state index contributed by atoms with van der Waals surface area (Å²) in [6, 6.07) is 10.9. The van der Waals surface area contributed by atoms with Crippen LogP contribution in [-0.2, 0) is 6.42 Å². The molecule has 0 saturated carbocycles. The molecule has 1 aromatic rings. The van der Waals surface area contributed by atoms with Crippen molar-refractivity contribution < 1.29 is 0 Å². The second-order valence-electron chi connectivity index (χ2n) is 6.83. The van der Waals surface area contributed by atoms with Crippen molar-refractivity contribution in [1.29, 1.82) is 0 Å². The number of hydrogen-bond acceptors (Lipinski definition) is 2. The molecule has 2 rings (SSSR count). The van der Waals surface area contributed by atoms with E-state index in [0.29, 0.717) is 5.54 Å². The Kier molecular flexibility index (Phi) is 4.87. The Hall–Kier alpha value is -0.860. The summed E-state index contributed by atoms with van der Waals surface area (Å²) in [5, 5.41) is 3.74. The molecule has 0 unspecified atom stereocenters. The van der Waals surface area contributed by atoms with Gasteiger partial charge in [-0.1, -0.05) is 44.2 Å². The molecule has 1 fully saturated rings. The van der Waals surface area contributed by atoms with Gasteiger partial charge in [0, 0.05) is 30.7 Å². The van der Waals surface area contributed by atoms with Crippen molar-refractivity contribution >= 4 is 0 Å². The van der Waals surface area contributed by atoms with Crippen LogP contribution in [-0.4, -0.2) is 35.6 Å². The highest BCUT2D eigenvalue weighted by atomic mass is 15.3. The minimum absolute atomic E-state index is 0.227. The Bertz CT molecular complexity index is 407. The zero-order valence-corrected chi connectivity index (χ0v) is 13.6. The summed E-state index contributed by atoms with van der Waals surface area (Å²) in [7, 11) is 0. The maximum atomic E-state index is 3.74. The summed E-state index contributed by atoms with van der Waals surface area (Å²) in [4.78, 5) is 2.73. The van der Waals surface area contributed by atoms with Crippen LogP contribution >= 0.6 is 0 Å². The summed E-state index contributed by atoms with van der Waals surface area (Å²) in [5.74, 6) is 0. The van der Waals surface area contributed by atoms with Crippen molar-refractivity contribution in [2.24, 2.45) is 0 Å². The molecule has 2 nitrogen and oxygen atoms in total. The van der Waals surface area contributed by atoms with E-state index in [2.05, 4.69) is 68.2 Å². The van der Waals surface area contributed by atoms with Crippen LogP contribution in [0.3, 0.4) is 0 Å². The summed E-state index contributed by atoms with van der Waals surface area (Å²) in [5.41, 5.74) is 2.01. The molecule has 0 amide bonds. The SMILES string of the molecule is CCC1(CC)CNC(C)(C)CN1CCc1ccccc1. The molecule has 0 aromatic heterocycles. The average Bonchev–Trinajstić information content (AvgIpc) is 2.46. The molecule has 1 heterocycles. The molecule has 1 aliphatic rings. The number of hydrogen-bond donors (Lipinski definition) is 1. The van der Waals surface area contributed by atoms with Crippen LogP contribution in [0.25, 0.3) is 0 Å². The first-order valence-electron chi connectivity index (χ1n) is 8.05. The Balaban J connectivity index is 2.07. The molecule has 1 saturated heterocycles. The van der Waals surface area contributed by atoms with Gasteiger partial charge in [0.25, 0.3) is 0 Å². The number of benzene rings is 1. The zero-order valence-electron chi connectivity index (χ0n) is 13.6. The third kappa shape index (κ3) is 3.42. The van der Waals surface area contributed by atoms with Crippen molar-refractivity contribution in [3.8, 4) is 0 Å². The van der Waals surface area contributed by atoms with Gasteiger partial charge in [0.15, 0.2) is 0 Å². The minimum Gasteiger partial charge on any atom is -0.309 e. The minimum atomic E-state index is 0.227. The number of nitrogens with one attached hydrogen (secondary N) is 1. The Morgan fingerprint density at radius 1 is 1.10 bits per heavy atom. The second-order valence-corrected chi connectivity index (χ2v) is 6.83. The van der Waals surface area contributed by atoms with Gasteiger partial charge < -0.3 is 5.32 Å². The Morgan fingerprint density at radius 3 is 2.35 bits per heavy atom. The van der Waals surface area contributed by atoms with Gasteiger partial charge in [0.1, 0.15) is 0 Å². The van der Waals surface area contributed by atoms with Crippen LogP contribution < -0.4 is 5.32 Å². The summed E-state index contributed by atoms with van der Waals surface area (Å²) in [6.07, 6.45) is 3.60. The Morgan fingerprint density at radius 2 is 1.75 bits per heavy atom. The molecule has 0 spiro atoms. The van der Waals surface area contributed by atoms with E-state index in [1.807, 2.05) is 0 Å². The van der Waals surface area contributed by atoms with Crippen LogP contribution in [0.15, 0.2) is 30.3 Å². The van der Waals surface area contributed by atoms with Gasteiger partial charge in [-0.05, 0) is 38.7 Å². The van der Waals surface area contributed by atoms with E-state index in [1.165, 1.54) is 18.4 Å². The van der Waals surface area contributed by atoms with E-state index in [4.69, 9.17) is 0 Å². The van der Waals surface area contributed by atoms with Gasteiger partial charge in [-0.2, -0.15) is 0 Å². The largest absolute Gasteiger partial charge is 0.309 e. The fourth-order valence-corrected chi connectivity index (χ4v) is 3.39. The van der Waals surface area contributed by atoms with E-state index in [-0.39, 0.29) is 5.54 Å². The first-order chi connectivity index (χ1) is 9.51. The molecule has 0 radical (unpaired) electrons. The van der Waals surface area contributed by atoms with Crippen molar-refractivity contribution in [2.45, 2.75) is 58.0 Å². The lowest BCUT2D eigenvalue weighted by atomic mass is 9.84. The molecule has 112 valence electrons. The van der Waals surface area contributed by atoms with Gasteiger partial charge in [-0.25, -0.2) is 0 Å². The van der Waals surface area contributed by atoms with E-state index in [1.54, 1.807) is 0 Å². The predicted molar refractivity (Wildman–Crippen MR) is 87.1 cm³/mol. The van der Waals surface area contributed by atoms with Crippen LogP contribution in [0.5, 0.6) is 0 Å². The molecule has 0 atom stereocenters. The van der Waals surface area contributed by atoms with E-state index in [9.17, 15) is 0 Å². The van der Waals surface area contributed by atoms with Crippen LogP contribution in [0.2, 0.25) is 0 Å². The molecule has 1 aliphatic heterocycles. The molecule has 0 bridgehead atoms. The van der Waals surface area contributed by atoms with Crippen molar-refractivity contribution in [3.63, 3.8) is 0 Å². The van der Waals surface area contributed by atoms with Crippen molar-refractivity contribution in [3.05, 3.63) is 35.9 Å². The number of rotatable bonds is 5. The first-order valence-corrected chi connectivity index (χ1v) is 8.05. The third-order valence-electron chi connectivity index (χ3n) is 4.98. The molecule has 1 aromatic carbocycles. The maximum Gasteiger partial charge on any atom is 0.0329 e. The number of nitrogens with zero attached hydrogens (tertiary/aromatic N) is 1. The highest BCUT2D eigenvalue weighted by Gasteiger charge is 2.41. The van der Waals surface area contributed by atoms with Gasteiger partial charge in [0.05, 0.1) is 0 Å². The summed E-state index contributed by atoms with van der Waals surface area (Å²) >= 11 is 0. The van der Waals surface area contributed by atoms with Gasteiger partial charge >= 0.3 is 0 Å². The maximum absolute atomic E-state index is 3.74. The normalized spacial score (nSPS) is 21.8. The molecule has 20 heavy (non-hydrogen) atoms. The summed E-state index contributed by atoms with van der Waals surface area (Å²) in [6.45, 7) is 12.7. The highest BCUT2D eigenvalue weighted by Crippen LogP contribution is 2.30. The molecule has 0 aliphatic carbocycles. The topological polar surface area (TPSA) is 15.3 Å². The van der Waals surface area contributed by atoms with E-state index in [0.717, 1.165) is 26.1 Å². The lowest BCUT2D eigenvalue weighted by molar-refractivity contribution is 0.00991. The fourth-order valence-electron chi connectivity index (χ4n) is 3.39. The van der Waals surface area contributed by atoms with Crippen molar-refractivity contribution in [1.82, 2.24) is 10.2 Å². The first kappa shape index (κ1) is 15.5. The van der Waals surface area contributed by atoms with Gasteiger partial charge in [-0.15, -0.1) is 0 Å². The van der Waals surface area contributed by atoms with Crippen LogP contribution in [0, 0.1) is 0 Å². The fraction of sp³-hybridized carbons (Fsp3) is 0.667. The van der Waals surface area contributed by atoms with Gasteiger partial charge in [-0.3, -0.25) is 4.90 Å². The van der Waals surface area contributed by atoms with E-state index >= 15 is 0 Å². The van der Waals surface area contributed by atoms with Gasteiger partial charge in [0.2, 0.25) is 0 Å². The van der Waals surface area contributed by atoms with E-state index < -0.39 is 0 Å². The molecular formula is C18H30N2. The molecule has 1 N–H and O–H groups in total.